The van der Waals surface area contributed by atoms with E-state index < -0.39 is 0 Å². The highest BCUT2D eigenvalue weighted by Crippen LogP contribution is 2.32. The Morgan fingerprint density at radius 3 is 2.27 bits per heavy atom. The third-order valence-electron chi connectivity index (χ3n) is 2.47. The fraction of sp³-hybridized carbons (Fsp3) is 0.154. The zero-order valence-electron chi connectivity index (χ0n) is 8.78. The first-order chi connectivity index (χ1) is 7.22. The summed E-state index contributed by atoms with van der Waals surface area (Å²) in [5.41, 5.74) is 3.78. The van der Waals surface area contributed by atoms with Gasteiger partial charge in [0.25, 0.3) is 0 Å². The van der Waals surface area contributed by atoms with Gasteiger partial charge in [0, 0.05) is 4.88 Å². The molecule has 0 saturated heterocycles. The van der Waals surface area contributed by atoms with Crippen LogP contribution < -0.4 is 0 Å². The number of rotatable bonds is 2. The highest BCUT2D eigenvalue weighted by molar-refractivity contribution is 7.17. The van der Waals surface area contributed by atoms with Crippen LogP contribution in [0.2, 0.25) is 0 Å². The van der Waals surface area contributed by atoms with Crippen LogP contribution >= 0.6 is 11.3 Å². The number of carbonyl (C=O) groups excluding carboxylic acids is 1. The lowest BCUT2D eigenvalue weighted by Crippen LogP contribution is -1.84. The third kappa shape index (κ3) is 1.85. The summed E-state index contributed by atoms with van der Waals surface area (Å²) >= 11 is 1.55. The minimum Gasteiger partial charge on any atom is -0.297 e. The van der Waals surface area contributed by atoms with Crippen LogP contribution in [-0.2, 0) is 0 Å². The number of aryl methyl sites for hydroxylation is 2. The molecule has 0 unspecified atom stereocenters. The Labute approximate surface area is 93.4 Å². The molecule has 0 aliphatic carbocycles. The van der Waals surface area contributed by atoms with Crippen LogP contribution in [0.4, 0.5) is 0 Å². The monoisotopic (exact) mass is 216 g/mol. The molecule has 1 nitrogen and oxygen atoms in total. The summed E-state index contributed by atoms with van der Waals surface area (Å²) in [6, 6.07) is 10.1. The van der Waals surface area contributed by atoms with Crippen molar-refractivity contribution in [1.82, 2.24) is 0 Å². The lowest BCUT2D eigenvalue weighted by Gasteiger charge is -2.06. The second-order valence-electron chi connectivity index (χ2n) is 3.59. The maximum Gasteiger partial charge on any atom is 0.160 e. The normalized spacial score (nSPS) is 10.3. The Hall–Kier alpha value is -1.41. The summed E-state index contributed by atoms with van der Waals surface area (Å²) < 4.78 is 0. The van der Waals surface area contributed by atoms with Gasteiger partial charge in [0.05, 0.1) is 4.88 Å². The molecule has 15 heavy (non-hydrogen) atoms. The Bertz CT molecular complexity index is 477. The van der Waals surface area contributed by atoms with Gasteiger partial charge in [-0.15, -0.1) is 11.3 Å². The molecule has 0 saturated carbocycles. The molecule has 0 radical (unpaired) electrons. The summed E-state index contributed by atoms with van der Waals surface area (Å²) in [6.45, 7) is 4.20. The standard InChI is InChI=1S/C13H12OS/c1-9-4-3-5-10(2)13(9)12-7-6-11(8-14)15-12/h3-8H,1-2H3. The molecular formula is C13H12OS. The second kappa shape index (κ2) is 3.99. The molecule has 0 N–H and O–H groups in total. The van der Waals surface area contributed by atoms with Gasteiger partial charge in [-0.3, -0.25) is 4.79 Å². The van der Waals surface area contributed by atoms with Crippen LogP contribution in [-0.4, -0.2) is 6.29 Å². The average molecular weight is 216 g/mol. The Kier molecular flexibility index (Phi) is 2.69. The van der Waals surface area contributed by atoms with E-state index in [-0.39, 0.29) is 0 Å². The molecule has 0 spiro atoms. The first kappa shape index (κ1) is 10.1. The van der Waals surface area contributed by atoms with E-state index in [0.29, 0.717) is 0 Å². The number of carbonyl (C=O) groups is 1. The van der Waals surface area contributed by atoms with Crippen molar-refractivity contribution >= 4 is 17.6 Å². The predicted octanol–water partition coefficient (Wildman–Crippen LogP) is 3.84. The summed E-state index contributed by atoms with van der Waals surface area (Å²) in [4.78, 5) is 12.6. The topological polar surface area (TPSA) is 17.1 Å². The Morgan fingerprint density at radius 1 is 1.07 bits per heavy atom. The van der Waals surface area contributed by atoms with Gasteiger partial charge in [-0.1, -0.05) is 18.2 Å². The summed E-state index contributed by atoms with van der Waals surface area (Å²) in [5, 5.41) is 0. The van der Waals surface area contributed by atoms with E-state index in [1.807, 2.05) is 12.1 Å². The summed E-state index contributed by atoms with van der Waals surface area (Å²) in [7, 11) is 0. The minimum atomic E-state index is 0.785. The Balaban J connectivity index is 2.58. The average Bonchev–Trinajstić information content (AvgIpc) is 2.66. The molecule has 1 heterocycles. The fourth-order valence-corrected chi connectivity index (χ4v) is 2.75. The number of benzene rings is 1. The fourth-order valence-electron chi connectivity index (χ4n) is 1.75. The molecule has 1 aromatic heterocycles. The van der Waals surface area contributed by atoms with E-state index in [0.717, 1.165) is 11.2 Å². The van der Waals surface area contributed by atoms with Crippen LogP contribution in [0, 0.1) is 13.8 Å². The van der Waals surface area contributed by atoms with E-state index in [2.05, 4.69) is 32.0 Å². The van der Waals surface area contributed by atoms with Crippen molar-refractivity contribution in [3.8, 4) is 10.4 Å². The molecule has 76 valence electrons. The highest BCUT2D eigenvalue weighted by atomic mass is 32.1. The van der Waals surface area contributed by atoms with Gasteiger partial charge in [0.15, 0.2) is 6.29 Å². The molecule has 0 bridgehead atoms. The van der Waals surface area contributed by atoms with Gasteiger partial charge in [0.1, 0.15) is 0 Å². The van der Waals surface area contributed by atoms with Gasteiger partial charge in [0.2, 0.25) is 0 Å². The minimum absolute atomic E-state index is 0.785. The van der Waals surface area contributed by atoms with Crippen molar-refractivity contribution in [2.75, 3.05) is 0 Å². The SMILES string of the molecule is Cc1cccc(C)c1-c1ccc(C=O)s1. The van der Waals surface area contributed by atoms with E-state index in [4.69, 9.17) is 0 Å². The summed E-state index contributed by atoms with van der Waals surface area (Å²) in [6.07, 6.45) is 0.905. The second-order valence-corrected chi connectivity index (χ2v) is 4.70. The lowest BCUT2D eigenvalue weighted by atomic mass is 10.0. The maximum absolute atomic E-state index is 10.6. The van der Waals surface area contributed by atoms with E-state index in [1.165, 1.54) is 21.6 Å². The molecule has 0 aliphatic rings. The van der Waals surface area contributed by atoms with Crippen LogP contribution in [0.1, 0.15) is 20.8 Å². The first-order valence-corrected chi connectivity index (χ1v) is 5.65. The smallest absolute Gasteiger partial charge is 0.160 e. The van der Waals surface area contributed by atoms with Crippen molar-refractivity contribution in [2.24, 2.45) is 0 Å². The van der Waals surface area contributed by atoms with Crippen LogP contribution in [0.25, 0.3) is 10.4 Å². The van der Waals surface area contributed by atoms with Gasteiger partial charge in [-0.2, -0.15) is 0 Å². The van der Waals surface area contributed by atoms with E-state index >= 15 is 0 Å². The predicted molar refractivity (Wildman–Crippen MR) is 64.6 cm³/mol. The van der Waals surface area contributed by atoms with Crippen LogP contribution in [0.3, 0.4) is 0 Å². The molecule has 2 aromatic rings. The molecule has 2 rings (SSSR count). The molecule has 0 aliphatic heterocycles. The molecule has 2 heteroatoms. The molecular weight excluding hydrogens is 204 g/mol. The van der Waals surface area contributed by atoms with Crippen molar-refractivity contribution in [3.63, 3.8) is 0 Å². The van der Waals surface area contributed by atoms with E-state index in [9.17, 15) is 4.79 Å². The number of aldehydes is 1. The number of hydrogen-bond donors (Lipinski definition) is 0. The number of hydrogen-bond acceptors (Lipinski definition) is 2. The molecule has 0 fully saturated rings. The molecule has 0 amide bonds. The highest BCUT2D eigenvalue weighted by Gasteiger charge is 2.07. The van der Waals surface area contributed by atoms with Crippen molar-refractivity contribution in [2.45, 2.75) is 13.8 Å². The maximum atomic E-state index is 10.6. The third-order valence-corrected chi connectivity index (χ3v) is 3.50. The van der Waals surface area contributed by atoms with Gasteiger partial charge >= 0.3 is 0 Å². The zero-order valence-corrected chi connectivity index (χ0v) is 9.60. The largest absolute Gasteiger partial charge is 0.297 e. The lowest BCUT2D eigenvalue weighted by molar-refractivity contribution is 0.112. The van der Waals surface area contributed by atoms with Gasteiger partial charge in [-0.05, 0) is 42.7 Å². The van der Waals surface area contributed by atoms with Crippen LogP contribution in [0.5, 0.6) is 0 Å². The van der Waals surface area contributed by atoms with Crippen molar-refractivity contribution in [1.29, 1.82) is 0 Å². The summed E-state index contributed by atoms with van der Waals surface area (Å²) in [5.74, 6) is 0. The zero-order chi connectivity index (χ0) is 10.8. The quantitative estimate of drug-likeness (QED) is 0.697. The first-order valence-electron chi connectivity index (χ1n) is 4.84. The van der Waals surface area contributed by atoms with Gasteiger partial charge in [-0.25, -0.2) is 0 Å². The van der Waals surface area contributed by atoms with Crippen LogP contribution in [0.15, 0.2) is 30.3 Å². The number of thiophene rings is 1. The van der Waals surface area contributed by atoms with E-state index in [1.54, 1.807) is 11.3 Å². The molecule has 0 atom stereocenters. The van der Waals surface area contributed by atoms with Gasteiger partial charge < -0.3 is 0 Å². The van der Waals surface area contributed by atoms with Crippen molar-refractivity contribution < 1.29 is 4.79 Å². The Morgan fingerprint density at radius 2 is 1.73 bits per heavy atom. The van der Waals surface area contributed by atoms with Crippen molar-refractivity contribution in [3.05, 3.63) is 46.3 Å². The molecule has 1 aromatic carbocycles.